The van der Waals surface area contributed by atoms with Crippen molar-refractivity contribution in [3.05, 3.63) is 29.8 Å². The van der Waals surface area contributed by atoms with Crippen molar-refractivity contribution in [3.8, 4) is 5.75 Å². The SMILES string of the molecule is CC(C)c1ccc(OCCC(=O)N2CCC(OCCCN)CC2)cc1.Cl. The summed E-state index contributed by atoms with van der Waals surface area (Å²) >= 11 is 0. The van der Waals surface area contributed by atoms with Crippen molar-refractivity contribution in [2.75, 3.05) is 32.8 Å². The fraction of sp³-hybridized carbons (Fsp3) is 0.650. The minimum Gasteiger partial charge on any atom is -0.493 e. The third-order valence-electron chi connectivity index (χ3n) is 4.63. The van der Waals surface area contributed by atoms with Gasteiger partial charge in [0.05, 0.1) is 19.1 Å². The first-order valence-electron chi connectivity index (χ1n) is 9.42. The van der Waals surface area contributed by atoms with Gasteiger partial charge in [-0.15, -0.1) is 12.4 Å². The molecular weight excluding hydrogens is 352 g/mol. The molecule has 5 nitrogen and oxygen atoms in total. The number of benzene rings is 1. The van der Waals surface area contributed by atoms with Crippen molar-refractivity contribution in [1.29, 1.82) is 0 Å². The normalized spacial score (nSPS) is 15.0. The van der Waals surface area contributed by atoms with Crippen molar-refractivity contribution in [2.24, 2.45) is 5.73 Å². The Kier molecular flexibility index (Phi) is 10.6. The van der Waals surface area contributed by atoms with Crippen molar-refractivity contribution < 1.29 is 14.3 Å². The van der Waals surface area contributed by atoms with Crippen LogP contribution >= 0.6 is 12.4 Å². The molecule has 0 aromatic heterocycles. The van der Waals surface area contributed by atoms with Gasteiger partial charge in [-0.2, -0.15) is 0 Å². The lowest BCUT2D eigenvalue weighted by Crippen LogP contribution is -2.41. The van der Waals surface area contributed by atoms with Gasteiger partial charge in [0.2, 0.25) is 5.91 Å². The van der Waals surface area contributed by atoms with Crippen molar-refractivity contribution in [1.82, 2.24) is 4.90 Å². The van der Waals surface area contributed by atoms with E-state index in [0.29, 0.717) is 25.5 Å². The molecule has 0 aliphatic carbocycles. The van der Waals surface area contributed by atoms with Crippen LogP contribution < -0.4 is 10.5 Å². The maximum Gasteiger partial charge on any atom is 0.226 e. The Balaban J connectivity index is 0.00000338. The summed E-state index contributed by atoms with van der Waals surface area (Å²) in [6, 6.07) is 8.11. The molecular formula is C20H33ClN2O3. The van der Waals surface area contributed by atoms with E-state index in [1.807, 2.05) is 17.0 Å². The Labute approximate surface area is 163 Å². The van der Waals surface area contributed by atoms with Crippen LogP contribution in [0.15, 0.2) is 24.3 Å². The van der Waals surface area contributed by atoms with Crippen LogP contribution in [0.4, 0.5) is 0 Å². The van der Waals surface area contributed by atoms with Gasteiger partial charge in [-0.05, 0) is 49.4 Å². The molecule has 6 heteroatoms. The van der Waals surface area contributed by atoms with Crippen molar-refractivity contribution >= 4 is 18.3 Å². The van der Waals surface area contributed by atoms with E-state index >= 15 is 0 Å². The molecule has 148 valence electrons. The number of piperidine rings is 1. The van der Waals surface area contributed by atoms with Crippen LogP contribution in [0.5, 0.6) is 5.75 Å². The minimum absolute atomic E-state index is 0. The number of amides is 1. The maximum absolute atomic E-state index is 12.3. The van der Waals surface area contributed by atoms with E-state index in [0.717, 1.165) is 44.7 Å². The van der Waals surface area contributed by atoms with Crippen LogP contribution in [0.2, 0.25) is 0 Å². The molecule has 0 saturated carbocycles. The fourth-order valence-corrected chi connectivity index (χ4v) is 2.97. The number of likely N-dealkylation sites (tertiary alicyclic amines) is 1. The molecule has 1 amide bonds. The molecule has 1 aromatic rings. The van der Waals surface area contributed by atoms with Crippen molar-refractivity contribution in [2.45, 2.75) is 51.6 Å². The van der Waals surface area contributed by atoms with Gasteiger partial charge in [-0.3, -0.25) is 4.79 Å². The molecule has 1 aliphatic heterocycles. The topological polar surface area (TPSA) is 64.8 Å². The molecule has 1 fully saturated rings. The van der Waals surface area contributed by atoms with Gasteiger partial charge in [0.25, 0.3) is 0 Å². The largest absolute Gasteiger partial charge is 0.493 e. The first kappa shape index (κ1) is 22.7. The van der Waals surface area contributed by atoms with E-state index in [2.05, 4.69) is 26.0 Å². The molecule has 2 N–H and O–H groups in total. The second-order valence-electron chi connectivity index (χ2n) is 6.92. The van der Waals surface area contributed by atoms with E-state index in [9.17, 15) is 4.79 Å². The molecule has 0 bridgehead atoms. The summed E-state index contributed by atoms with van der Waals surface area (Å²) in [7, 11) is 0. The van der Waals surface area contributed by atoms with Crippen LogP contribution in [0.25, 0.3) is 0 Å². The third kappa shape index (κ3) is 7.52. The molecule has 1 aromatic carbocycles. The second-order valence-corrected chi connectivity index (χ2v) is 6.92. The number of nitrogens with zero attached hydrogens (tertiary/aromatic N) is 1. The quantitative estimate of drug-likeness (QED) is 0.663. The molecule has 26 heavy (non-hydrogen) atoms. The average molecular weight is 385 g/mol. The van der Waals surface area contributed by atoms with Gasteiger partial charge in [0.1, 0.15) is 5.75 Å². The number of hydrogen-bond donors (Lipinski definition) is 1. The maximum atomic E-state index is 12.3. The van der Waals surface area contributed by atoms with Gasteiger partial charge in [0.15, 0.2) is 0 Å². The molecule has 0 unspecified atom stereocenters. The van der Waals surface area contributed by atoms with Crippen LogP contribution in [0.3, 0.4) is 0 Å². The van der Waals surface area contributed by atoms with E-state index in [4.69, 9.17) is 15.2 Å². The Hall–Kier alpha value is -1.30. The summed E-state index contributed by atoms with van der Waals surface area (Å²) in [6.07, 6.45) is 3.41. The minimum atomic E-state index is 0. The Morgan fingerprint density at radius 1 is 1.19 bits per heavy atom. The lowest BCUT2D eigenvalue weighted by Gasteiger charge is -2.32. The Bertz CT molecular complexity index is 514. The predicted octanol–water partition coefficient (Wildman–Crippen LogP) is 3.36. The molecule has 1 saturated heterocycles. The molecule has 0 atom stereocenters. The van der Waals surface area contributed by atoms with Crippen LogP contribution in [-0.4, -0.2) is 49.8 Å². The van der Waals surface area contributed by atoms with Gasteiger partial charge >= 0.3 is 0 Å². The van der Waals surface area contributed by atoms with E-state index in [-0.39, 0.29) is 24.4 Å². The highest BCUT2D eigenvalue weighted by atomic mass is 35.5. The highest BCUT2D eigenvalue weighted by molar-refractivity contribution is 5.85. The molecule has 0 spiro atoms. The van der Waals surface area contributed by atoms with E-state index in [1.54, 1.807) is 0 Å². The smallest absolute Gasteiger partial charge is 0.226 e. The summed E-state index contributed by atoms with van der Waals surface area (Å²) < 4.78 is 11.5. The zero-order chi connectivity index (χ0) is 18.1. The Morgan fingerprint density at radius 2 is 1.85 bits per heavy atom. The number of hydrogen-bond acceptors (Lipinski definition) is 4. The highest BCUT2D eigenvalue weighted by Crippen LogP contribution is 2.19. The van der Waals surface area contributed by atoms with Gasteiger partial charge in [0, 0.05) is 19.7 Å². The number of rotatable bonds is 9. The fourth-order valence-electron chi connectivity index (χ4n) is 2.97. The lowest BCUT2D eigenvalue weighted by molar-refractivity contribution is -0.134. The first-order valence-corrected chi connectivity index (χ1v) is 9.42. The number of carbonyl (C=O) groups is 1. The molecule has 1 aliphatic rings. The van der Waals surface area contributed by atoms with Gasteiger partial charge < -0.3 is 20.1 Å². The van der Waals surface area contributed by atoms with Crippen LogP contribution in [0, 0.1) is 0 Å². The monoisotopic (exact) mass is 384 g/mol. The number of halogens is 1. The second kappa shape index (κ2) is 12.2. The zero-order valence-electron chi connectivity index (χ0n) is 16.0. The van der Waals surface area contributed by atoms with Crippen LogP contribution in [0.1, 0.15) is 51.0 Å². The van der Waals surface area contributed by atoms with Gasteiger partial charge in [-0.25, -0.2) is 0 Å². The summed E-state index contributed by atoms with van der Waals surface area (Å²) in [5.41, 5.74) is 6.76. The van der Waals surface area contributed by atoms with Crippen LogP contribution in [-0.2, 0) is 9.53 Å². The highest BCUT2D eigenvalue weighted by Gasteiger charge is 2.22. The molecule has 0 radical (unpaired) electrons. The summed E-state index contributed by atoms with van der Waals surface area (Å²) in [5.74, 6) is 1.50. The standard InChI is InChI=1S/C20H32N2O3.ClH/c1-16(2)17-4-6-18(7-5-17)25-15-10-20(23)22-12-8-19(9-13-22)24-14-3-11-21;/h4-7,16,19H,3,8-15,21H2,1-2H3;1H. The molecule has 2 rings (SSSR count). The van der Waals surface area contributed by atoms with E-state index in [1.165, 1.54) is 5.56 Å². The lowest BCUT2D eigenvalue weighted by atomic mass is 10.0. The summed E-state index contributed by atoms with van der Waals surface area (Å²) in [6.45, 7) is 7.69. The first-order chi connectivity index (χ1) is 12.1. The summed E-state index contributed by atoms with van der Waals surface area (Å²) in [5, 5.41) is 0. The predicted molar refractivity (Wildman–Crippen MR) is 107 cm³/mol. The number of nitrogens with two attached hydrogens (primary N) is 1. The third-order valence-corrected chi connectivity index (χ3v) is 4.63. The van der Waals surface area contributed by atoms with Crippen molar-refractivity contribution in [3.63, 3.8) is 0 Å². The number of ether oxygens (including phenoxy) is 2. The molecule has 1 heterocycles. The van der Waals surface area contributed by atoms with E-state index < -0.39 is 0 Å². The summed E-state index contributed by atoms with van der Waals surface area (Å²) in [4.78, 5) is 14.2. The van der Waals surface area contributed by atoms with Gasteiger partial charge in [-0.1, -0.05) is 26.0 Å². The zero-order valence-corrected chi connectivity index (χ0v) is 16.8. The average Bonchev–Trinajstić information content (AvgIpc) is 2.63. The Morgan fingerprint density at radius 3 is 2.42 bits per heavy atom. The number of carbonyl (C=O) groups excluding carboxylic acids is 1.